The number of hydrogen-bond acceptors (Lipinski definition) is 3. The lowest BCUT2D eigenvalue weighted by Gasteiger charge is -2.23. The molecule has 0 amide bonds. The van der Waals surface area contributed by atoms with Crippen LogP contribution in [-0.4, -0.2) is 23.0 Å². The molecular formula is C8H12N2S. The van der Waals surface area contributed by atoms with Crippen molar-refractivity contribution in [3.05, 3.63) is 16.1 Å². The number of rotatable bonds is 1. The van der Waals surface area contributed by atoms with Gasteiger partial charge in [0.2, 0.25) is 0 Å². The third kappa shape index (κ3) is 1.30. The summed E-state index contributed by atoms with van der Waals surface area (Å²) < 4.78 is 0. The molecule has 0 N–H and O–H groups in total. The van der Waals surface area contributed by atoms with Crippen LogP contribution in [0.4, 0.5) is 0 Å². The Kier molecular flexibility index (Phi) is 1.92. The van der Waals surface area contributed by atoms with E-state index in [0.29, 0.717) is 0 Å². The van der Waals surface area contributed by atoms with Crippen molar-refractivity contribution in [2.24, 2.45) is 0 Å². The van der Waals surface area contributed by atoms with Crippen molar-refractivity contribution in [3.63, 3.8) is 0 Å². The number of fused-ring (bicyclic) bond motifs is 1. The summed E-state index contributed by atoms with van der Waals surface area (Å²) in [7, 11) is 0. The largest absolute Gasteiger partial charge is 0.297 e. The van der Waals surface area contributed by atoms with E-state index in [0.717, 1.165) is 13.1 Å². The number of thiazole rings is 1. The first kappa shape index (κ1) is 7.25. The van der Waals surface area contributed by atoms with E-state index in [2.05, 4.69) is 16.8 Å². The Bertz CT molecular complexity index is 244. The molecule has 2 nitrogen and oxygen atoms in total. The molecule has 1 aliphatic rings. The van der Waals surface area contributed by atoms with Gasteiger partial charge in [-0.15, -0.1) is 11.3 Å². The molecule has 3 heteroatoms. The molecule has 1 aromatic rings. The van der Waals surface area contributed by atoms with Crippen LogP contribution in [0, 0.1) is 0 Å². The van der Waals surface area contributed by atoms with E-state index in [-0.39, 0.29) is 0 Å². The van der Waals surface area contributed by atoms with Crippen molar-refractivity contribution in [3.8, 4) is 0 Å². The normalized spacial score (nSPS) is 18.3. The van der Waals surface area contributed by atoms with Crippen LogP contribution in [0.25, 0.3) is 0 Å². The van der Waals surface area contributed by atoms with Crippen LogP contribution in [0.1, 0.15) is 17.5 Å². The molecule has 0 spiro atoms. The third-order valence-corrected chi connectivity index (χ3v) is 3.14. The topological polar surface area (TPSA) is 16.1 Å². The molecular weight excluding hydrogens is 156 g/mol. The maximum absolute atomic E-state index is 4.33. The zero-order valence-corrected chi connectivity index (χ0v) is 7.52. The summed E-state index contributed by atoms with van der Waals surface area (Å²) in [5, 5.41) is 0. The highest BCUT2D eigenvalue weighted by molar-refractivity contribution is 7.09. The van der Waals surface area contributed by atoms with E-state index in [9.17, 15) is 0 Å². The minimum absolute atomic E-state index is 1.06. The Morgan fingerprint density at radius 1 is 1.73 bits per heavy atom. The highest BCUT2D eigenvalue weighted by Gasteiger charge is 2.16. The van der Waals surface area contributed by atoms with Crippen LogP contribution >= 0.6 is 11.3 Å². The SMILES string of the molecule is CCN1CCc2scnc2C1. The fourth-order valence-corrected chi connectivity index (χ4v) is 2.22. The number of nitrogens with zero attached hydrogens (tertiary/aromatic N) is 2. The average Bonchev–Trinajstić information content (AvgIpc) is 2.50. The highest BCUT2D eigenvalue weighted by atomic mass is 32.1. The summed E-state index contributed by atoms with van der Waals surface area (Å²) in [6.07, 6.45) is 1.20. The predicted octanol–water partition coefficient (Wildman–Crippen LogP) is 1.52. The van der Waals surface area contributed by atoms with E-state index in [4.69, 9.17) is 0 Å². The maximum Gasteiger partial charge on any atom is 0.0798 e. The molecule has 1 aromatic heterocycles. The van der Waals surface area contributed by atoms with Gasteiger partial charge in [-0.1, -0.05) is 6.92 Å². The predicted molar refractivity (Wildman–Crippen MR) is 46.8 cm³/mol. The van der Waals surface area contributed by atoms with Gasteiger partial charge in [-0.25, -0.2) is 4.98 Å². The Hall–Kier alpha value is -0.410. The number of aromatic nitrogens is 1. The quantitative estimate of drug-likeness (QED) is 0.632. The van der Waals surface area contributed by atoms with Crippen LogP contribution in [-0.2, 0) is 13.0 Å². The van der Waals surface area contributed by atoms with Gasteiger partial charge in [0, 0.05) is 18.0 Å². The molecule has 0 bridgehead atoms. The lowest BCUT2D eigenvalue weighted by molar-refractivity contribution is 0.266. The fraction of sp³-hybridized carbons (Fsp3) is 0.625. The van der Waals surface area contributed by atoms with Crippen molar-refractivity contribution in [1.29, 1.82) is 0 Å². The van der Waals surface area contributed by atoms with Crippen LogP contribution in [0.15, 0.2) is 5.51 Å². The summed E-state index contributed by atoms with van der Waals surface area (Å²) in [4.78, 5) is 8.26. The highest BCUT2D eigenvalue weighted by Crippen LogP contribution is 2.20. The lowest BCUT2D eigenvalue weighted by Crippen LogP contribution is -2.29. The Morgan fingerprint density at radius 2 is 2.64 bits per heavy atom. The standard InChI is InChI=1S/C8H12N2S/c1-2-10-4-3-8-7(5-10)9-6-11-8/h6H,2-5H2,1H3. The van der Waals surface area contributed by atoms with Crippen LogP contribution in [0.2, 0.25) is 0 Å². The first-order valence-electron chi connectivity index (χ1n) is 4.03. The average molecular weight is 168 g/mol. The molecule has 0 saturated carbocycles. The zero-order chi connectivity index (χ0) is 7.68. The second-order valence-electron chi connectivity index (χ2n) is 2.84. The van der Waals surface area contributed by atoms with Crippen molar-refractivity contribution in [2.45, 2.75) is 19.9 Å². The van der Waals surface area contributed by atoms with Gasteiger partial charge in [0.15, 0.2) is 0 Å². The van der Waals surface area contributed by atoms with Gasteiger partial charge in [0.05, 0.1) is 11.2 Å². The van der Waals surface area contributed by atoms with E-state index < -0.39 is 0 Å². The van der Waals surface area contributed by atoms with Crippen LogP contribution in [0.5, 0.6) is 0 Å². The molecule has 0 aromatic carbocycles. The zero-order valence-electron chi connectivity index (χ0n) is 6.71. The Morgan fingerprint density at radius 3 is 3.45 bits per heavy atom. The van der Waals surface area contributed by atoms with Gasteiger partial charge < -0.3 is 0 Å². The summed E-state index contributed by atoms with van der Waals surface area (Å²) >= 11 is 1.80. The second-order valence-corrected chi connectivity index (χ2v) is 3.78. The number of likely N-dealkylation sites (N-methyl/N-ethyl adjacent to an activating group) is 1. The van der Waals surface area contributed by atoms with E-state index in [1.807, 2.05) is 5.51 Å². The molecule has 0 aliphatic carbocycles. The summed E-state index contributed by atoms with van der Waals surface area (Å²) in [5.74, 6) is 0. The monoisotopic (exact) mass is 168 g/mol. The summed E-state index contributed by atoms with van der Waals surface area (Å²) in [5.41, 5.74) is 3.27. The van der Waals surface area contributed by atoms with Crippen molar-refractivity contribution in [1.82, 2.24) is 9.88 Å². The smallest absolute Gasteiger partial charge is 0.0798 e. The first-order valence-corrected chi connectivity index (χ1v) is 4.91. The van der Waals surface area contributed by atoms with Gasteiger partial charge in [0.1, 0.15) is 0 Å². The minimum Gasteiger partial charge on any atom is -0.297 e. The van der Waals surface area contributed by atoms with Crippen molar-refractivity contribution in [2.75, 3.05) is 13.1 Å². The van der Waals surface area contributed by atoms with Crippen LogP contribution < -0.4 is 0 Å². The molecule has 0 atom stereocenters. The Labute approximate surface area is 70.9 Å². The maximum atomic E-state index is 4.33. The molecule has 2 heterocycles. The molecule has 0 fully saturated rings. The molecule has 0 saturated heterocycles. The first-order chi connectivity index (χ1) is 5.40. The van der Waals surface area contributed by atoms with Crippen LogP contribution in [0.3, 0.4) is 0 Å². The Balaban J connectivity index is 2.18. The summed E-state index contributed by atoms with van der Waals surface area (Å²) in [6, 6.07) is 0. The molecule has 11 heavy (non-hydrogen) atoms. The minimum atomic E-state index is 1.06. The van der Waals surface area contributed by atoms with Gasteiger partial charge in [-0.05, 0) is 13.0 Å². The van der Waals surface area contributed by atoms with E-state index in [1.165, 1.54) is 23.5 Å². The van der Waals surface area contributed by atoms with Crippen molar-refractivity contribution < 1.29 is 0 Å². The van der Waals surface area contributed by atoms with Gasteiger partial charge in [-0.3, -0.25) is 4.90 Å². The molecule has 0 unspecified atom stereocenters. The molecule has 0 radical (unpaired) electrons. The third-order valence-electron chi connectivity index (χ3n) is 2.20. The second kappa shape index (κ2) is 2.91. The molecule has 60 valence electrons. The van der Waals surface area contributed by atoms with E-state index in [1.54, 1.807) is 11.3 Å². The summed E-state index contributed by atoms with van der Waals surface area (Å²) in [6.45, 7) is 5.63. The molecule has 2 rings (SSSR count). The van der Waals surface area contributed by atoms with Crippen molar-refractivity contribution >= 4 is 11.3 Å². The number of hydrogen-bond donors (Lipinski definition) is 0. The van der Waals surface area contributed by atoms with Gasteiger partial charge in [0.25, 0.3) is 0 Å². The molecule has 1 aliphatic heterocycles. The lowest BCUT2D eigenvalue weighted by atomic mass is 10.2. The van der Waals surface area contributed by atoms with Gasteiger partial charge in [-0.2, -0.15) is 0 Å². The fourth-order valence-electron chi connectivity index (χ4n) is 1.45. The van der Waals surface area contributed by atoms with Gasteiger partial charge >= 0.3 is 0 Å². The van der Waals surface area contributed by atoms with E-state index >= 15 is 0 Å².